The standard InChI is InChI=1S/C13H21N3O2/c1-11-3-5-16(6-4-11)13(18)12(9-14)10-15(2)7-8-17/h10-11,17H,3-8H2,1-2H3/b12-10-. The molecule has 100 valence electrons. The van der Waals surface area contributed by atoms with Gasteiger partial charge in [-0.3, -0.25) is 4.79 Å². The maximum Gasteiger partial charge on any atom is 0.266 e. The normalized spacial score (nSPS) is 17.4. The van der Waals surface area contributed by atoms with Crippen molar-refractivity contribution in [2.24, 2.45) is 5.92 Å². The summed E-state index contributed by atoms with van der Waals surface area (Å²) in [4.78, 5) is 15.5. The van der Waals surface area contributed by atoms with Gasteiger partial charge in [-0.15, -0.1) is 0 Å². The Morgan fingerprint density at radius 3 is 2.67 bits per heavy atom. The minimum atomic E-state index is -0.200. The fourth-order valence-electron chi connectivity index (χ4n) is 1.96. The van der Waals surface area contributed by atoms with E-state index in [9.17, 15) is 4.79 Å². The van der Waals surface area contributed by atoms with Gasteiger partial charge in [0.15, 0.2) is 0 Å². The van der Waals surface area contributed by atoms with Gasteiger partial charge in [0.1, 0.15) is 11.6 Å². The fraction of sp³-hybridized carbons (Fsp3) is 0.692. The summed E-state index contributed by atoms with van der Waals surface area (Å²) in [5.74, 6) is 0.454. The zero-order valence-corrected chi connectivity index (χ0v) is 11.1. The molecule has 0 atom stereocenters. The molecule has 0 aromatic carbocycles. The molecule has 0 saturated carbocycles. The zero-order valence-electron chi connectivity index (χ0n) is 11.1. The Morgan fingerprint density at radius 1 is 1.56 bits per heavy atom. The molecule has 0 radical (unpaired) electrons. The number of carbonyl (C=O) groups is 1. The summed E-state index contributed by atoms with van der Waals surface area (Å²) in [6, 6.07) is 1.95. The topological polar surface area (TPSA) is 67.6 Å². The molecule has 1 saturated heterocycles. The number of carbonyl (C=O) groups excluding carboxylic acids is 1. The third-order valence-electron chi connectivity index (χ3n) is 3.22. The summed E-state index contributed by atoms with van der Waals surface area (Å²) in [5, 5.41) is 17.8. The molecule has 1 heterocycles. The molecular weight excluding hydrogens is 230 g/mol. The third kappa shape index (κ3) is 4.04. The van der Waals surface area contributed by atoms with Gasteiger partial charge in [-0.1, -0.05) is 6.92 Å². The van der Waals surface area contributed by atoms with Gasteiger partial charge in [0, 0.05) is 32.9 Å². The van der Waals surface area contributed by atoms with Gasteiger partial charge in [0.2, 0.25) is 0 Å². The highest BCUT2D eigenvalue weighted by atomic mass is 16.3. The van der Waals surface area contributed by atoms with E-state index in [4.69, 9.17) is 10.4 Å². The molecule has 1 amide bonds. The number of likely N-dealkylation sites (N-methyl/N-ethyl adjacent to an activating group) is 1. The molecule has 5 nitrogen and oxygen atoms in total. The largest absolute Gasteiger partial charge is 0.395 e. The van der Waals surface area contributed by atoms with E-state index in [-0.39, 0.29) is 18.1 Å². The Hall–Kier alpha value is -1.54. The number of hydrogen-bond donors (Lipinski definition) is 1. The van der Waals surface area contributed by atoms with Gasteiger partial charge in [-0.05, 0) is 18.8 Å². The van der Waals surface area contributed by atoms with E-state index in [0.29, 0.717) is 12.5 Å². The SMILES string of the molecule is CC1CCN(C(=O)/C(C#N)=C\N(C)CCO)CC1. The number of amides is 1. The van der Waals surface area contributed by atoms with Crippen LogP contribution in [0.2, 0.25) is 0 Å². The minimum Gasteiger partial charge on any atom is -0.395 e. The van der Waals surface area contributed by atoms with Crippen LogP contribution in [0.5, 0.6) is 0 Å². The van der Waals surface area contributed by atoms with Gasteiger partial charge in [0.05, 0.1) is 6.61 Å². The van der Waals surface area contributed by atoms with E-state index in [2.05, 4.69) is 6.92 Å². The predicted octanol–water partition coefficient (Wildman–Crippen LogP) is 0.576. The first kappa shape index (κ1) is 14.5. The van der Waals surface area contributed by atoms with Crippen LogP contribution in [-0.2, 0) is 4.79 Å². The average Bonchev–Trinajstić information content (AvgIpc) is 2.36. The summed E-state index contributed by atoms with van der Waals surface area (Å²) < 4.78 is 0. The van der Waals surface area contributed by atoms with Gasteiger partial charge in [0.25, 0.3) is 5.91 Å². The smallest absolute Gasteiger partial charge is 0.266 e. The highest BCUT2D eigenvalue weighted by Gasteiger charge is 2.23. The average molecular weight is 251 g/mol. The van der Waals surface area contributed by atoms with Gasteiger partial charge in [-0.2, -0.15) is 5.26 Å². The summed E-state index contributed by atoms with van der Waals surface area (Å²) >= 11 is 0. The highest BCUT2D eigenvalue weighted by Crippen LogP contribution is 2.17. The molecule has 1 rings (SSSR count). The molecule has 0 unspecified atom stereocenters. The van der Waals surface area contributed by atoms with Crippen LogP contribution >= 0.6 is 0 Å². The van der Waals surface area contributed by atoms with Crippen LogP contribution in [0, 0.1) is 17.2 Å². The first-order valence-electron chi connectivity index (χ1n) is 6.30. The van der Waals surface area contributed by atoms with E-state index in [1.807, 2.05) is 6.07 Å². The lowest BCUT2D eigenvalue weighted by Gasteiger charge is -2.30. The molecule has 0 bridgehead atoms. The maximum absolute atomic E-state index is 12.1. The number of aliphatic hydroxyl groups excluding tert-OH is 1. The van der Waals surface area contributed by atoms with Gasteiger partial charge < -0.3 is 14.9 Å². The van der Waals surface area contributed by atoms with E-state index in [1.54, 1.807) is 16.8 Å². The van der Waals surface area contributed by atoms with Crippen LogP contribution < -0.4 is 0 Å². The number of hydrogen-bond acceptors (Lipinski definition) is 4. The highest BCUT2D eigenvalue weighted by molar-refractivity contribution is 5.97. The molecule has 0 aliphatic carbocycles. The van der Waals surface area contributed by atoms with Crippen molar-refractivity contribution in [2.75, 3.05) is 33.3 Å². The molecule has 5 heteroatoms. The lowest BCUT2D eigenvalue weighted by molar-refractivity contribution is -0.128. The number of aliphatic hydroxyl groups is 1. The summed E-state index contributed by atoms with van der Waals surface area (Å²) in [6.07, 6.45) is 3.50. The Balaban J connectivity index is 2.65. The fourth-order valence-corrected chi connectivity index (χ4v) is 1.96. The molecule has 1 N–H and O–H groups in total. The predicted molar refractivity (Wildman–Crippen MR) is 68.4 cm³/mol. The second-order valence-electron chi connectivity index (χ2n) is 4.83. The lowest BCUT2D eigenvalue weighted by Crippen LogP contribution is -2.39. The van der Waals surface area contributed by atoms with Crippen molar-refractivity contribution < 1.29 is 9.90 Å². The van der Waals surface area contributed by atoms with Crippen LogP contribution in [0.1, 0.15) is 19.8 Å². The quantitative estimate of drug-likeness (QED) is 0.586. The minimum absolute atomic E-state index is 0.00112. The van der Waals surface area contributed by atoms with Crippen LogP contribution in [0.15, 0.2) is 11.8 Å². The molecule has 0 aromatic heterocycles. The van der Waals surface area contributed by atoms with Crippen molar-refractivity contribution in [1.29, 1.82) is 5.26 Å². The second kappa shape index (κ2) is 7.02. The van der Waals surface area contributed by atoms with Crippen molar-refractivity contribution >= 4 is 5.91 Å². The molecular formula is C13H21N3O2. The maximum atomic E-state index is 12.1. The van der Waals surface area contributed by atoms with Crippen molar-refractivity contribution in [3.05, 3.63) is 11.8 Å². The van der Waals surface area contributed by atoms with Gasteiger partial charge in [-0.25, -0.2) is 0 Å². The van der Waals surface area contributed by atoms with E-state index in [0.717, 1.165) is 25.9 Å². The second-order valence-corrected chi connectivity index (χ2v) is 4.83. The number of piperidine rings is 1. The van der Waals surface area contributed by atoms with Crippen LogP contribution in [0.3, 0.4) is 0 Å². The monoisotopic (exact) mass is 251 g/mol. The Kier molecular flexibility index (Phi) is 5.66. The summed E-state index contributed by atoms with van der Waals surface area (Å²) in [6.45, 7) is 4.04. The van der Waals surface area contributed by atoms with Crippen LogP contribution in [0.4, 0.5) is 0 Å². The lowest BCUT2D eigenvalue weighted by atomic mass is 9.99. The van der Waals surface area contributed by atoms with Crippen molar-refractivity contribution in [3.8, 4) is 6.07 Å². The summed E-state index contributed by atoms with van der Waals surface area (Å²) in [5.41, 5.74) is 0.139. The van der Waals surface area contributed by atoms with Gasteiger partial charge >= 0.3 is 0 Å². The third-order valence-corrected chi connectivity index (χ3v) is 3.22. The number of rotatable bonds is 4. The molecule has 1 fully saturated rings. The van der Waals surface area contributed by atoms with Crippen molar-refractivity contribution in [1.82, 2.24) is 9.80 Å². The molecule has 1 aliphatic heterocycles. The van der Waals surface area contributed by atoms with E-state index < -0.39 is 0 Å². The Bertz CT molecular complexity index is 352. The zero-order chi connectivity index (χ0) is 13.5. The summed E-state index contributed by atoms with van der Waals surface area (Å²) in [7, 11) is 1.74. The number of likely N-dealkylation sites (tertiary alicyclic amines) is 1. The molecule has 0 aromatic rings. The van der Waals surface area contributed by atoms with Crippen LogP contribution in [-0.4, -0.2) is 54.1 Å². The van der Waals surface area contributed by atoms with Crippen molar-refractivity contribution in [3.63, 3.8) is 0 Å². The van der Waals surface area contributed by atoms with Crippen LogP contribution in [0.25, 0.3) is 0 Å². The first-order valence-corrected chi connectivity index (χ1v) is 6.30. The molecule has 1 aliphatic rings. The molecule has 0 spiro atoms. The Labute approximate surface area is 108 Å². The number of nitriles is 1. The molecule has 18 heavy (non-hydrogen) atoms. The Morgan fingerprint density at radius 2 is 2.17 bits per heavy atom. The number of nitrogens with zero attached hydrogens (tertiary/aromatic N) is 3. The first-order chi connectivity index (χ1) is 8.58. The van der Waals surface area contributed by atoms with E-state index >= 15 is 0 Å². The van der Waals surface area contributed by atoms with E-state index in [1.165, 1.54) is 6.20 Å². The van der Waals surface area contributed by atoms with Crippen molar-refractivity contribution in [2.45, 2.75) is 19.8 Å².